The van der Waals surface area contributed by atoms with Crippen molar-refractivity contribution in [3.63, 3.8) is 0 Å². The zero-order valence-corrected chi connectivity index (χ0v) is 19.7. The summed E-state index contributed by atoms with van der Waals surface area (Å²) < 4.78 is 0. The Hall–Kier alpha value is -2.11. The third kappa shape index (κ3) is 5.21. The number of hydrogen-bond acceptors (Lipinski definition) is 4. The van der Waals surface area contributed by atoms with Gasteiger partial charge in [-0.15, -0.1) is 0 Å². The molecule has 1 aliphatic heterocycles. The Bertz CT molecular complexity index is 1230. The fourth-order valence-electron chi connectivity index (χ4n) is 3.76. The predicted octanol–water partition coefficient (Wildman–Crippen LogP) is 6.46. The van der Waals surface area contributed by atoms with Crippen LogP contribution in [0.1, 0.15) is 11.4 Å². The SMILES string of the molecule is Cc1cc(Cl)c2ccc(Cl)cc2n1.Cc1cc(N2CCNCC2)c2ccc(Cl)cc2n1. The number of aryl methyl sites for hydroxylation is 2. The molecule has 1 fully saturated rings. The molecule has 0 saturated carbocycles. The lowest BCUT2D eigenvalue weighted by molar-refractivity contribution is 0.590. The zero-order chi connectivity index (χ0) is 22.0. The van der Waals surface area contributed by atoms with Crippen molar-refractivity contribution >= 4 is 62.3 Å². The number of benzene rings is 2. The molecular weight excluding hydrogens is 451 g/mol. The van der Waals surface area contributed by atoms with Crippen molar-refractivity contribution in [3.8, 4) is 0 Å². The van der Waals surface area contributed by atoms with E-state index in [-0.39, 0.29) is 0 Å². The number of piperazine rings is 1. The van der Waals surface area contributed by atoms with Gasteiger partial charge in [0.15, 0.2) is 0 Å². The van der Waals surface area contributed by atoms with Gasteiger partial charge in [-0.3, -0.25) is 9.97 Å². The molecule has 7 heteroatoms. The van der Waals surface area contributed by atoms with Crippen LogP contribution in [0.5, 0.6) is 0 Å². The van der Waals surface area contributed by atoms with E-state index >= 15 is 0 Å². The Morgan fingerprint density at radius 2 is 1.29 bits per heavy atom. The first-order valence-corrected chi connectivity index (χ1v) is 11.3. The second kappa shape index (κ2) is 9.58. The maximum atomic E-state index is 6.05. The molecule has 31 heavy (non-hydrogen) atoms. The number of pyridine rings is 2. The number of hydrogen-bond donors (Lipinski definition) is 1. The van der Waals surface area contributed by atoms with Crippen LogP contribution in [0.4, 0.5) is 5.69 Å². The Balaban J connectivity index is 0.000000158. The van der Waals surface area contributed by atoms with Gasteiger partial charge in [0.1, 0.15) is 0 Å². The lowest BCUT2D eigenvalue weighted by Gasteiger charge is -2.30. The van der Waals surface area contributed by atoms with Crippen LogP contribution in [0.2, 0.25) is 15.1 Å². The summed E-state index contributed by atoms with van der Waals surface area (Å²) in [4.78, 5) is 11.3. The number of halogens is 3. The topological polar surface area (TPSA) is 41.1 Å². The van der Waals surface area contributed by atoms with E-state index in [1.807, 2.05) is 50.2 Å². The van der Waals surface area contributed by atoms with Crippen LogP contribution in [0, 0.1) is 13.8 Å². The van der Waals surface area contributed by atoms with E-state index in [0.717, 1.165) is 64.0 Å². The fraction of sp³-hybridized carbons (Fsp3) is 0.250. The van der Waals surface area contributed by atoms with Crippen LogP contribution < -0.4 is 10.2 Å². The van der Waals surface area contributed by atoms with Crippen molar-refractivity contribution in [3.05, 3.63) is 75.0 Å². The monoisotopic (exact) mass is 472 g/mol. The molecule has 0 bridgehead atoms. The first-order valence-electron chi connectivity index (χ1n) is 10.2. The van der Waals surface area contributed by atoms with Gasteiger partial charge in [-0.2, -0.15) is 0 Å². The minimum atomic E-state index is 0.682. The van der Waals surface area contributed by atoms with Gasteiger partial charge in [-0.05, 0) is 62.4 Å². The maximum Gasteiger partial charge on any atom is 0.0740 e. The van der Waals surface area contributed by atoms with Crippen molar-refractivity contribution in [2.45, 2.75) is 13.8 Å². The second-order valence-electron chi connectivity index (χ2n) is 7.59. The molecule has 160 valence electrons. The second-order valence-corrected chi connectivity index (χ2v) is 8.87. The zero-order valence-electron chi connectivity index (χ0n) is 17.4. The molecule has 0 spiro atoms. The van der Waals surface area contributed by atoms with Crippen LogP contribution in [-0.2, 0) is 0 Å². The van der Waals surface area contributed by atoms with Gasteiger partial charge in [0.2, 0.25) is 0 Å². The number of aromatic nitrogens is 2. The van der Waals surface area contributed by atoms with Crippen LogP contribution >= 0.6 is 34.8 Å². The number of nitrogens with one attached hydrogen (secondary N) is 1. The Labute approximate surface area is 197 Å². The predicted molar refractivity (Wildman–Crippen MR) is 133 cm³/mol. The van der Waals surface area contributed by atoms with Crippen LogP contribution in [-0.4, -0.2) is 36.1 Å². The van der Waals surface area contributed by atoms with Crippen LogP contribution in [0.15, 0.2) is 48.5 Å². The lowest BCUT2D eigenvalue weighted by Crippen LogP contribution is -2.43. The van der Waals surface area contributed by atoms with Crippen LogP contribution in [0.3, 0.4) is 0 Å². The van der Waals surface area contributed by atoms with Crippen molar-refractivity contribution < 1.29 is 0 Å². The Kier molecular flexibility index (Phi) is 6.83. The summed E-state index contributed by atoms with van der Waals surface area (Å²) in [5.41, 5.74) is 5.04. The Morgan fingerprint density at radius 1 is 0.742 bits per heavy atom. The summed E-state index contributed by atoms with van der Waals surface area (Å²) in [6.07, 6.45) is 0. The molecule has 4 aromatic rings. The quantitative estimate of drug-likeness (QED) is 0.344. The molecule has 0 unspecified atom stereocenters. The summed E-state index contributed by atoms with van der Waals surface area (Å²) in [5, 5.41) is 7.65. The van der Waals surface area contributed by atoms with E-state index < -0.39 is 0 Å². The summed E-state index contributed by atoms with van der Waals surface area (Å²) in [7, 11) is 0. The summed E-state index contributed by atoms with van der Waals surface area (Å²) in [6.45, 7) is 8.10. The lowest BCUT2D eigenvalue weighted by atomic mass is 10.1. The smallest absolute Gasteiger partial charge is 0.0740 e. The molecule has 3 heterocycles. The number of anilines is 1. The average molecular weight is 474 g/mol. The first-order chi connectivity index (χ1) is 14.9. The third-order valence-corrected chi connectivity index (χ3v) is 5.97. The largest absolute Gasteiger partial charge is 0.368 e. The van der Waals surface area contributed by atoms with Gasteiger partial charge in [0, 0.05) is 64.1 Å². The molecule has 0 radical (unpaired) electrons. The van der Waals surface area contributed by atoms with Crippen molar-refractivity contribution in [1.82, 2.24) is 15.3 Å². The van der Waals surface area contributed by atoms with Gasteiger partial charge in [-0.1, -0.05) is 34.8 Å². The van der Waals surface area contributed by atoms with Gasteiger partial charge >= 0.3 is 0 Å². The highest BCUT2D eigenvalue weighted by Gasteiger charge is 2.14. The van der Waals surface area contributed by atoms with E-state index in [0.29, 0.717) is 5.02 Å². The minimum Gasteiger partial charge on any atom is -0.368 e. The Morgan fingerprint density at radius 3 is 1.94 bits per heavy atom. The van der Waals surface area contributed by atoms with E-state index in [2.05, 4.69) is 32.3 Å². The van der Waals surface area contributed by atoms with Crippen molar-refractivity contribution in [2.75, 3.05) is 31.1 Å². The third-order valence-electron chi connectivity index (χ3n) is 5.19. The van der Waals surface area contributed by atoms with Crippen molar-refractivity contribution in [1.29, 1.82) is 0 Å². The number of fused-ring (bicyclic) bond motifs is 2. The molecule has 2 aromatic heterocycles. The molecule has 5 rings (SSSR count). The molecule has 2 aromatic carbocycles. The molecule has 4 nitrogen and oxygen atoms in total. The van der Waals surface area contributed by atoms with Crippen LogP contribution in [0.25, 0.3) is 21.8 Å². The van der Waals surface area contributed by atoms with Gasteiger partial charge in [0.05, 0.1) is 16.1 Å². The highest BCUT2D eigenvalue weighted by molar-refractivity contribution is 6.36. The van der Waals surface area contributed by atoms with Crippen molar-refractivity contribution in [2.24, 2.45) is 0 Å². The molecule has 0 atom stereocenters. The molecule has 0 aliphatic carbocycles. The molecule has 1 saturated heterocycles. The average Bonchev–Trinajstić information content (AvgIpc) is 2.73. The molecule has 1 aliphatic rings. The number of rotatable bonds is 1. The normalized spacial score (nSPS) is 13.9. The fourth-order valence-corrected chi connectivity index (χ4v) is 4.41. The molecular formula is C24H23Cl3N4. The van der Waals surface area contributed by atoms with E-state index in [4.69, 9.17) is 34.8 Å². The molecule has 1 N–H and O–H groups in total. The minimum absolute atomic E-state index is 0.682. The van der Waals surface area contributed by atoms with Gasteiger partial charge in [-0.25, -0.2) is 0 Å². The molecule has 0 amide bonds. The first kappa shape index (κ1) is 22.1. The van der Waals surface area contributed by atoms with Gasteiger partial charge in [0.25, 0.3) is 0 Å². The van der Waals surface area contributed by atoms with Gasteiger partial charge < -0.3 is 10.2 Å². The van der Waals surface area contributed by atoms with E-state index in [9.17, 15) is 0 Å². The van der Waals surface area contributed by atoms with E-state index in [1.165, 1.54) is 11.1 Å². The number of nitrogens with zero attached hydrogens (tertiary/aromatic N) is 3. The highest BCUT2D eigenvalue weighted by atomic mass is 35.5. The summed E-state index contributed by atoms with van der Waals surface area (Å²) in [6, 6.07) is 15.5. The summed E-state index contributed by atoms with van der Waals surface area (Å²) in [5.74, 6) is 0. The summed E-state index contributed by atoms with van der Waals surface area (Å²) >= 11 is 17.9. The highest BCUT2D eigenvalue weighted by Crippen LogP contribution is 2.29. The maximum absolute atomic E-state index is 6.05. The standard InChI is InChI=1S/C14H16ClN3.C10H7Cl2N/c1-10-8-14(18-6-4-16-5-7-18)12-3-2-11(15)9-13(12)17-10;1-6-4-9(12)8-3-2-7(11)5-10(8)13-6/h2-3,8-9,16H,4-7H2,1H3;2-5H,1H3. The van der Waals surface area contributed by atoms with E-state index in [1.54, 1.807) is 0 Å².